The van der Waals surface area contributed by atoms with Crippen LogP contribution in [0.2, 0.25) is 0 Å². The Balaban J connectivity index is 2.22. The lowest BCUT2D eigenvalue weighted by Gasteiger charge is -2.25. The Kier molecular flexibility index (Phi) is 4.14. The van der Waals surface area contributed by atoms with E-state index in [4.69, 9.17) is 12.2 Å². The van der Waals surface area contributed by atoms with Gasteiger partial charge in [0.05, 0.1) is 16.3 Å². The Morgan fingerprint density at radius 3 is 2.89 bits per heavy atom. The summed E-state index contributed by atoms with van der Waals surface area (Å²) in [6.07, 6.45) is 0. The number of rotatable bonds is 3. The van der Waals surface area contributed by atoms with Gasteiger partial charge in [-0.3, -0.25) is 0 Å². The zero-order valence-electron chi connectivity index (χ0n) is 10.8. The summed E-state index contributed by atoms with van der Waals surface area (Å²) in [6, 6.07) is 8.40. The third-order valence-corrected chi connectivity index (χ3v) is 4.54. The summed E-state index contributed by atoms with van der Waals surface area (Å²) >= 11 is 7.05. The van der Waals surface area contributed by atoms with Crippen LogP contribution < -0.4 is 5.32 Å². The summed E-state index contributed by atoms with van der Waals surface area (Å²) in [5, 5.41) is 5.03. The van der Waals surface area contributed by atoms with Crippen molar-refractivity contribution < 1.29 is 0 Å². The van der Waals surface area contributed by atoms with Gasteiger partial charge in [-0.15, -0.1) is 11.3 Å². The van der Waals surface area contributed by atoms with E-state index in [-0.39, 0.29) is 6.04 Å². The molecular weight excluding hydrogens is 262 g/mol. The third-order valence-electron chi connectivity index (χ3n) is 2.90. The molecular formula is C13H17N3S2. The van der Waals surface area contributed by atoms with Crippen LogP contribution >= 0.6 is 23.6 Å². The number of fused-ring (bicyclic) bond motifs is 1. The van der Waals surface area contributed by atoms with E-state index >= 15 is 0 Å². The van der Waals surface area contributed by atoms with Gasteiger partial charge >= 0.3 is 0 Å². The Morgan fingerprint density at radius 2 is 2.22 bits per heavy atom. The number of thiazole rings is 1. The predicted molar refractivity (Wildman–Crippen MR) is 82.1 cm³/mol. The molecule has 0 spiro atoms. The van der Waals surface area contributed by atoms with Crippen LogP contribution in [-0.4, -0.2) is 28.6 Å². The quantitative estimate of drug-likeness (QED) is 0.874. The van der Waals surface area contributed by atoms with Crippen LogP contribution in [-0.2, 0) is 0 Å². The molecule has 0 saturated heterocycles. The first-order valence-corrected chi connectivity index (χ1v) is 7.22. The van der Waals surface area contributed by atoms with Gasteiger partial charge in [0.15, 0.2) is 5.11 Å². The zero-order chi connectivity index (χ0) is 13.1. The monoisotopic (exact) mass is 279 g/mol. The molecule has 0 radical (unpaired) electrons. The Morgan fingerprint density at radius 1 is 1.50 bits per heavy atom. The number of nitrogens with one attached hydrogen (secondary N) is 1. The fraction of sp³-hybridized carbons (Fsp3) is 0.385. The van der Waals surface area contributed by atoms with E-state index in [1.54, 1.807) is 11.3 Å². The smallest absolute Gasteiger partial charge is 0.169 e. The van der Waals surface area contributed by atoms with E-state index in [9.17, 15) is 0 Å². The minimum Gasteiger partial charge on any atom is -0.363 e. The Bertz CT molecular complexity index is 517. The average molecular weight is 279 g/mol. The number of benzene rings is 1. The Labute approximate surface area is 117 Å². The molecule has 1 aromatic heterocycles. The van der Waals surface area contributed by atoms with Crippen molar-refractivity contribution in [2.45, 2.75) is 19.9 Å². The molecule has 0 bridgehead atoms. The fourth-order valence-electron chi connectivity index (χ4n) is 1.69. The number of para-hydroxylation sites is 1. The van der Waals surface area contributed by atoms with Crippen LogP contribution in [0.1, 0.15) is 24.9 Å². The Hall–Kier alpha value is -1.20. The van der Waals surface area contributed by atoms with Crippen molar-refractivity contribution in [2.24, 2.45) is 0 Å². The van der Waals surface area contributed by atoms with Gasteiger partial charge in [-0.25, -0.2) is 4.98 Å². The minimum atomic E-state index is 0.189. The van der Waals surface area contributed by atoms with Crippen molar-refractivity contribution in [2.75, 3.05) is 13.6 Å². The molecule has 0 unspecified atom stereocenters. The second-order valence-electron chi connectivity index (χ2n) is 4.14. The second kappa shape index (κ2) is 5.63. The first-order chi connectivity index (χ1) is 8.63. The van der Waals surface area contributed by atoms with Gasteiger partial charge in [0.25, 0.3) is 0 Å². The van der Waals surface area contributed by atoms with Crippen molar-refractivity contribution in [3.63, 3.8) is 0 Å². The molecule has 5 heteroatoms. The number of nitrogens with zero attached hydrogens (tertiary/aromatic N) is 2. The van der Waals surface area contributed by atoms with Crippen molar-refractivity contribution in [1.29, 1.82) is 0 Å². The summed E-state index contributed by atoms with van der Waals surface area (Å²) in [6.45, 7) is 5.01. The predicted octanol–water partition coefficient (Wildman–Crippen LogP) is 3.18. The second-order valence-corrected chi connectivity index (χ2v) is 5.59. The molecule has 0 saturated carbocycles. The molecule has 0 amide bonds. The van der Waals surface area contributed by atoms with Crippen LogP contribution in [0.3, 0.4) is 0 Å². The van der Waals surface area contributed by atoms with E-state index in [2.05, 4.69) is 28.2 Å². The van der Waals surface area contributed by atoms with Gasteiger partial charge in [0.2, 0.25) is 0 Å². The number of hydrogen-bond donors (Lipinski definition) is 1. The summed E-state index contributed by atoms with van der Waals surface area (Å²) < 4.78 is 1.22. The first kappa shape index (κ1) is 13.2. The van der Waals surface area contributed by atoms with Gasteiger partial charge in [-0.05, 0) is 38.2 Å². The summed E-state index contributed by atoms with van der Waals surface area (Å²) in [5.74, 6) is 0. The van der Waals surface area contributed by atoms with Crippen LogP contribution in [0.15, 0.2) is 24.3 Å². The van der Waals surface area contributed by atoms with Crippen molar-refractivity contribution in [3.8, 4) is 0 Å². The number of thiocarbonyl (C=S) groups is 1. The largest absolute Gasteiger partial charge is 0.363 e. The lowest BCUT2D eigenvalue weighted by Crippen LogP contribution is -2.38. The lowest BCUT2D eigenvalue weighted by molar-refractivity contribution is 0.396. The fourth-order valence-corrected chi connectivity index (χ4v) is 3.05. The molecule has 2 aromatic rings. The zero-order valence-corrected chi connectivity index (χ0v) is 12.4. The highest BCUT2D eigenvalue weighted by Gasteiger charge is 2.17. The standard InChI is InChI=1S/C13H17N3S2/c1-4-14-13(17)16(3)9(2)12-15-10-7-5-6-8-11(10)18-12/h5-9H,4H2,1-3H3,(H,14,17)/t9-/m1/s1. The normalized spacial score (nSPS) is 12.4. The van der Waals surface area contributed by atoms with E-state index < -0.39 is 0 Å². The summed E-state index contributed by atoms with van der Waals surface area (Å²) in [5.41, 5.74) is 1.06. The highest BCUT2D eigenvalue weighted by Crippen LogP contribution is 2.28. The number of aromatic nitrogens is 1. The third kappa shape index (κ3) is 2.62. The number of hydrogen-bond acceptors (Lipinski definition) is 3. The molecule has 2 rings (SSSR count). The first-order valence-electron chi connectivity index (χ1n) is 5.99. The maximum Gasteiger partial charge on any atom is 0.169 e. The van der Waals surface area contributed by atoms with Gasteiger partial charge in [-0.2, -0.15) is 0 Å². The molecule has 1 N–H and O–H groups in total. The SMILES string of the molecule is CCNC(=S)N(C)[C@H](C)c1nc2ccccc2s1. The van der Waals surface area contributed by atoms with Gasteiger partial charge < -0.3 is 10.2 Å². The summed E-state index contributed by atoms with van der Waals surface area (Å²) in [7, 11) is 2.00. The van der Waals surface area contributed by atoms with E-state index in [0.29, 0.717) is 0 Å². The molecule has 0 aliphatic heterocycles. The van der Waals surface area contributed by atoms with Crippen molar-refractivity contribution in [1.82, 2.24) is 15.2 Å². The molecule has 0 aliphatic carbocycles. The van der Waals surface area contributed by atoms with Crippen molar-refractivity contribution >= 4 is 38.9 Å². The molecule has 96 valence electrons. The maximum absolute atomic E-state index is 5.32. The minimum absolute atomic E-state index is 0.189. The molecule has 18 heavy (non-hydrogen) atoms. The summed E-state index contributed by atoms with van der Waals surface area (Å²) in [4.78, 5) is 6.72. The van der Waals surface area contributed by atoms with Gasteiger partial charge in [0, 0.05) is 13.6 Å². The molecule has 1 atom stereocenters. The van der Waals surface area contributed by atoms with Crippen LogP contribution in [0, 0.1) is 0 Å². The molecule has 3 nitrogen and oxygen atoms in total. The maximum atomic E-state index is 5.32. The van der Waals surface area contributed by atoms with Crippen LogP contribution in [0.5, 0.6) is 0 Å². The van der Waals surface area contributed by atoms with E-state index in [0.717, 1.165) is 22.2 Å². The molecule has 1 aromatic carbocycles. The average Bonchev–Trinajstić information content (AvgIpc) is 2.81. The van der Waals surface area contributed by atoms with Gasteiger partial charge in [0.1, 0.15) is 5.01 Å². The van der Waals surface area contributed by atoms with E-state index in [1.807, 2.05) is 32.2 Å². The van der Waals surface area contributed by atoms with Crippen LogP contribution in [0.25, 0.3) is 10.2 Å². The molecule has 0 fully saturated rings. The molecule has 1 heterocycles. The van der Waals surface area contributed by atoms with Crippen molar-refractivity contribution in [3.05, 3.63) is 29.3 Å². The lowest BCUT2D eigenvalue weighted by atomic mass is 10.3. The highest BCUT2D eigenvalue weighted by molar-refractivity contribution is 7.80. The highest BCUT2D eigenvalue weighted by atomic mass is 32.1. The van der Waals surface area contributed by atoms with Crippen LogP contribution in [0.4, 0.5) is 0 Å². The topological polar surface area (TPSA) is 28.2 Å². The van der Waals surface area contributed by atoms with E-state index in [1.165, 1.54) is 4.70 Å². The van der Waals surface area contributed by atoms with Gasteiger partial charge in [-0.1, -0.05) is 12.1 Å². The molecule has 0 aliphatic rings.